The topological polar surface area (TPSA) is 85.8 Å². The number of benzene rings is 1. The van der Waals surface area contributed by atoms with E-state index in [9.17, 15) is 4.79 Å². The van der Waals surface area contributed by atoms with Crippen molar-refractivity contribution in [2.75, 3.05) is 39.3 Å². The summed E-state index contributed by atoms with van der Waals surface area (Å²) in [6.45, 7) is 6.31. The molecular formula is C24H30N4O3. The molecule has 2 N–H and O–H groups in total. The lowest BCUT2D eigenvalue weighted by atomic mass is 9.64. The number of hydrogen-bond acceptors (Lipinski definition) is 5. The van der Waals surface area contributed by atoms with Gasteiger partial charge in [-0.3, -0.25) is 14.6 Å². The molecule has 3 atom stereocenters. The highest BCUT2D eigenvalue weighted by Gasteiger charge is 2.55. The number of carboxylic acid groups (broad SMARTS) is 1. The zero-order valence-electron chi connectivity index (χ0n) is 17.7. The van der Waals surface area contributed by atoms with Crippen LogP contribution in [0.5, 0.6) is 0 Å². The molecule has 4 fully saturated rings. The first-order valence-electron chi connectivity index (χ1n) is 10.9. The van der Waals surface area contributed by atoms with Gasteiger partial charge in [-0.15, -0.1) is 0 Å². The normalized spacial score (nSPS) is 30.6. The Labute approximate surface area is 183 Å². The summed E-state index contributed by atoms with van der Waals surface area (Å²) in [5, 5.41) is 10.4. The van der Waals surface area contributed by atoms with Crippen LogP contribution >= 0.6 is 0 Å². The van der Waals surface area contributed by atoms with E-state index in [0.717, 1.165) is 51.3 Å². The van der Waals surface area contributed by atoms with E-state index in [-0.39, 0.29) is 23.8 Å². The van der Waals surface area contributed by atoms with Crippen LogP contribution in [-0.2, 0) is 21.4 Å². The lowest BCUT2D eigenvalue weighted by Gasteiger charge is -2.55. The smallest absolute Gasteiger partial charge is 0.290 e. The zero-order valence-corrected chi connectivity index (χ0v) is 17.7. The van der Waals surface area contributed by atoms with Crippen LogP contribution < -0.4 is 5.32 Å². The van der Waals surface area contributed by atoms with E-state index in [2.05, 4.69) is 50.4 Å². The Morgan fingerprint density at radius 1 is 1.13 bits per heavy atom. The predicted octanol–water partition coefficient (Wildman–Crippen LogP) is 1.40. The van der Waals surface area contributed by atoms with Gasteiger partial charge in [-0.25, -0.2) is 0 Å². The van der Waals surface area contributed by atoms with Crippen molar-refractivity contribution in [3.8, 4) is 0 Å². The molecule has 7 nitrogen and oxygen atoms in total. The van der Waals surface area contributed by atoms with Gasteiger partial charge in [-0.2, -0.15) is 0 Å². The van der Waals surface area contributed by atoms with Gasteiger partial charge >= 0.3 is 0 Å². The SMILES string of the molecule is O=C(CCc1cccnc1)NC1C2CN3CCN(C2)CC1(c1ccccc1)C3.O=CO. The number of aryl methyl sites for hydroxylation is 1. The lowest BCUT2D eigenvalue weighted by molar-refractivity contribution is -0.124. The van der Waals surface area contributed by atoms with E-state index in [4.69, 9.17) is 9.90 Å². The highest BCUT2D eigenvalue weighted by Crippen LogP contribution is 2.43. The standard InChI is InChI=1S/C23H28N4O.CH2O2/c28-21(9-8-18-5-4-10-24-13-18)25-22-19-14-26-11-12-27(15-19)17-23(22,16-26)20-6-2-1-3-7-20;2-1-3/h1-7,10,13,19,22H,8-9,11-12,14-17H2,(H,25,28);1H,(H,2,3). The molecule has 1 aromatic heterocycles. The number of nitrogens with zero attached hydrogens (tertiary/aromatic N) is 3. The highest BCUT2D eigenvalue weighted by atomic mass is 16.3. The van der Waals surface area contributed by atoms with Crippen LogP contribution in [0.25, 0.3) is 0 Å². The summed E-state index contributed by atoms with van der Waals surface area (Å²) in [7, 11) is 0. The Bertz CT molecular complexity index is 861. The largest absolute Gasteiger partial charge is 0.483 e. The molecule has 4 bridgehead atoms. The summed E-state index contributed by atoms with van der Waals surface area (Å²) in [4.78, 5) is 30.7. The van der Waals surface area contributed by atoms with Gasteiger partial charge in [-0.05, 0) is 23.6 Å². The third kappa shape index (κ3) is 4.62. The molecule has 4 aliphatic rings. The number of carbonyl (C=O) groups is 2. The molecule has 1 amide bonds. The lowest BCUT2D eigenvalue weighted by Crippen LogP contribution is -2.70. The summed E-state index contributed by atoms with van der Waals surface area (Å²) in [6.07, 6.45) is 4.89. The molecule has 0 aliphatic carbocycles. The molecule has 0 spiro atoms. The molecule has 0 radical (unpaired) electrons. The van der Waals surface area contributed by atoms with Crippen molar-refractivity contribution in [2.45, 2.75) is 24.3 Å². The molecule has 6 rings (SSSR count). The van der Waals surface area contributed by atoms with E-state index < -0.39 is 0 Å². The molecule has 4 saturated heterocycles. The molecule has 31 heavy (non-hydrogen) atoms. The van der Waals surface area contributed by atoms with E-state index in [1.807, 2.05) is 18.3 Å². The van der Waals surface area contributed by atoms with Crippen LogP contribution in [-0.4, -0.2) is 77.6 Å². The summed E-state index contributed by atoms with van der Waals surface area (Å²) in [6, 6.07) is 15.0. The van der Waals surface area contributed by atoms with Gasteiger partial charge in [-0.1, -0.05) is 36.4 Å². The monoisotopic (exact) mass is 422 g/mol. The number of aromatic nitrogens is 1. The Kier molecular flexibility index (Phi) is 6.63. The second-order valence-corrected chi connectivity index (χ2v) is 8.76. The van der Waals surface area contributed by atoms with Crippen LogP contribution in [0.3, 0.4) is 0 Å². The van der Waals surface area contributed by atoms with Crippen molar-refractivity contribution in [2.24, 2.45) is 5.92 Å². The summed E-state index contributed by atoms with van der Waals surface area (Å²) in [5.41, 5.74) is 2.48. The molecule has 0 saturated carbocycles. The Morgan fingerprint density at radius 2 is 1.81 bits per heavy atom. The van der Waals surface area contributed by atoms with E-state index in [1.165, 1.54) is 5.56 Å². The van der Waals surface area contributed by atoms with Crippen molar-refractivity contribution in [1.29, 1.82) is 0 Å². The minimum atomic E-state index is -0.250. The minimum Gasteiger partial charge on any atom is -0.483 e. The quantitative estimate of drug-likeness (QED) is 0.709. The maximum absolute atomic E-state index is 12.9. The van der Waals surface area contributed by atoms with E-state index >= 15 is 0 Å². The number of carbonyl (C=O) groups excluding carboxylic acids is 1. The first-order valence-corrected chi connectivity index (χ1v) is 10.9. The number of amides is 1. The Morgan fingerprint density at radius 3 is 2.42 bits per heavy atom. The van der Waals surface area contributed by atoms with E-state index in [1.54, 1.807) is 6.20 Å². The predicted molar refractivity (Wildman–Crippen MR) is 118 cm³/mol. The van der Waals surface area contributed by atoms with Crippen molar-refractivity contribution >= 4 is 12.4 Å². The highest BCUT2D eigenvalue weighted by molar-refractivity contribution is 5.77. The fourth-order valence-electron chi connectivity index (χ4n) is 5.62. The molecule has 3 unspecified atom stereocenters. The van der Waals surface area contributed by atoms with Crippen LogP contribution in [0.15, 0.2) is 54.9 Å². The number of nitrogens with one attached hydrogen (secondary N) is 1. The first-order chi connectivity index (χ1) is 15.1. The molecule has 164 valence electrons. The van der Waals surface area contributed by atoms with Gasteiger partial charge in [0.05, 0.1) is 0 Å². The third-order valence-electron chi connectivity index (χ3n) is 6.82. The summed E-state index contributed by atoms with van der Waals surface area (Å²) in [5.74, 6) is 0.660. The maximum atomic E-state index is 12.9. The Balaban J connectivity index is 0.000000730. The minimum absolute atomic E-state index is 0.0110. The third-order valence-corrected chi connectivity index (χ3v) is 6.82. The van der Waals surface area contributed by atoms with Crippen molar-refractivity contribution < 1.29 is 14.7 Å². The number of fused-ring (bicyclic) bond motifs is 1. The zero-order chi connectivity index (χ0) is 21.7. The van der Waals surface area contributed by atoms with Crippen LogP contribution in [0.2, 0.25) is 0 Å². The fourth-order valence-corrected chi connectivity index (χ4v) is 5.62. The van der Waals surface area contributed by atoms with Gasteiger partial charge in [0, 0.05) is 75.5 Å². The van der Waals surface area contributed by atoms with Crippen LogP contribution in [0.4, 0.5) is 0 Å². The average molecular weight is 423 g/mol. The van der Waals surface area contributed by atoms with Gasteiger partial charge in [0.2, 0.25) is 5.91 Å². The van der Waals surface area contributed by atoms with Crippen molar-refractivity contribution in [3.63, 3.8) is 0 Å². The van der Waals surface area contributed by atoms with Crippen LogP contribution in [0.1, 0.15) is 17.5 Å². The second-order valence-electron chi connectivity index (χ2n) is 8.76. The van der Waals surface area contributed by atoms with Gasteiger partial charge in [0.15, 0.2) is 0 Å². The molecular weight excluding hydrogens is 392 g/mol. The first kappa shape index (κ1) is 21.5. The van der Waals surface area contributed by atoms with Gasteiger partial charge < -0.3 is 20.2 Å². The fraction of sp³-hybridized carbons (Fsp3) is 0.458. The number of rotatable bonds is 5. The van der Waals surface area contributed by atoms with Crippen LogP contribution in [0, 0.1) is 5.92 Å². The maximum Gasteiger partial charge on any atom is 0.290 e. The number of hydrogen-bond donors (Lipinski definition) is 2. The number of pyridine rings is 1. The van der Waals surface area contributed by atoms with Gasteiger partial charge in [0.25, 0.3) is 6.47 Å². The second kappa shape index (κ2) is 9.58. The Hall–Kier alpha value is -2.77. The molecule has 7 heteroatoms. The molecule has 2 aromatic rings. The number of piperidine rings is 2. The summed E-state index contributed by atoms with van der Waals surface area (Å²) < 4.78 is 0. The van der Waals surface area contributed by atoms with E-state index in [0.29, 0.717) is 12.3 Å². The van der Waals surface area contributed by atoms with Crippen molar-refractivity contribution in [1.82, 2.24) is 20.1 Å². The van der Waals surface area contributed by atoms with Gasteiger partial charge in [0.1, 0.15) is 0 Å². The molecule has 1 aromatic carbocycles. The average Bonchev–Trinajstić information content (AvgIpc) is 3.05. The molecule has 4 aliphatic heterocycles. The van der Waals surface area contributed by atoms with Crippen molar-refractivity contribution in [3.05, 3.63) is 66.0 Å². The molecule has 5 heterocycles. The summed E-state index contributed by atoms with van der Waals surface area (Å²) >= 11 is 0.